The molecular weight excluding hydrogens is 332 g/mol. The molecule has 138 valence electrons. The number of carbonyl (C=O) groups excluding carboxylic acids is 1. The maximum Gasteiger partial charge on any atom is 0.319 e. The number of rotatable bonds is 4. The SMILES string of the molecule is Cc1ccc(-c2ccc(C)c(NC(=O)NC3CCC(C(=O)O)CC3)c2)o1. The lowest BCUT2D eigenvalue weighted by Gasteiger charge is -2.27. The van der Waals surface area contributed by atoms with Gasteiger partial charge in [-0.05, 0) is 63.3 Å². The average Bonchev–Trinajstić information content (AvgIpc) is 3.03. The minimum atomic E-state index is -0.742. The second-order valence-electron chi connectivity index (χ2n) is 6.93. The molecule has 1 aliphatic rings. The van der Waals surface area contributed by atoms with Crippen molar-refractivity contribution in [1.82, 2.24) is 5.32 Å². The predicted octanol–water partition coefficient (Wildman–Crippen LogP) is 4.33. The van der Waals surface area contributed by atoms with Crippen LogP contribution >= 0.6 is 0 Å². The molecule has 3 rings (SSSR count). The van der Waals surface area contributed by atoms with Gasteiger partial charge in [-0.2, -0.15) is 0 Å². The van der Waals surface area contributed by atoms with E-state index in [-0.39, 0.29) is 18.0 Å². The number of benzene rings is 1. The maximum absolute atomic E-state index is 12.3. The first kappa shape index (κ1) is 18.0. The molecule has 1 aliphatic carbocycles. The molecule has 2 amide bonds. The van der Waals surface area contributed by atoms with Crippen LogP contribution in [-0.2, 0) is 4.79 Å². The molecule has 2 aromatic rings. The topological polar surface area (TPSA) is 91.6 Å². The van der Waals surface area contributed by atoms with Crippen LogP contribution in [0.4, 0.5) is 10.5 Å². The maximum atomic E-state index is 12.3. The fourth-order valence-corrected chi connectivity index (χ4v) is 3.33. The van der Waals surface area contributed by atoms with Gasteiger partial charge in [0.25, 0.3) is 0 Å². The summed E-state index contributed by atoms with van der Waals surface area (Å²) in [6.07, 6.45) is 2.59. The van der Waals surface area contributed by atoms with E-state index >= 15 is 0 Å². The summed E-state index contributed by atoms with van der Waals surface area (Å²) in [6.45, 7) is 3.83. The molecule has 0 aliphatic heterocycles. The summed E-state index contributed by atoms with van der Waals surface area (Å²) < 4.78 is 5.64. The molecule has 0 saturated heterocycles. The van der Waals surface area contributed by atoms with E-state index in [0.29, 0.717) is 25.7 Å². The minimum absolute atomic E-state index is 0.0156. The van der Waals surface area contributed by atoms with Crippen LogP contribution in [-0.4, -0.2) is 23.1 Å². The van der Waals surface area contributed by atoms with Gasteiger partial charge in [-0.25, -0.2) is 4.79 Å². The van der Waals surface area contributed by atoms with Crippen molar-refractivity contribution >= 4 is 17.7 Å². The number of hydrogen-bond donors (Lipinski definition) is 3. The number of carboxylic acids is 1. The third kappa shape index (κ3) is 4.25. The number of aliphatic carboxylic acids is 1. The lowest BCUT2D eigenvalue weighted by atomic mass is 9.86. The number of urea groups is 1. The van der Waals surface area contributed by atoms with E-state index in [1.807, 2.05) is 44.2 Å². The Labute approximate surface area is 152 Å². The van der Waals surface area contributed by atoms with Crippen molar-refractivity contribution in [3.05, 3.63) is 41.7 Å². The van der Waals surface area contributed by atoms with E-state index < -0.39 is 5.97 Å². The fraction of sp³-hybridized carbons (Fsp3) is 0.400. The third-order valence-corrected chi connectivity index (χ3v) is 4.92. The van der Waals surface area contributed by atoms with Crippen molar-refractivity contribution in [3.63, 3.8) is 0 Å². The molecular formula is C20H24N2O4. The molecule has 1 aromatic heterocycles. The minimum Gasteiger partial charge on any atom is -0.481 e. The van der Waals surface area contributed by atoms with Gasteiger partial charge in [0, 0.05) is 17.3 Å². The summed E-state index contributed by atoms with van der Waals surface area (Å²) >= 11 is 0. The van der Waals surface area contributed by atoms with Gasteiger partial charge in [0.05, 0.1) is 5.92 Å². The standard InChI is InChI=1S/C20H24N2O4/c1-12-3-5-15(18-10-4-13(2)26-18)11-17(12)22-20(25)21-16-8-6-14(7-9-16)19(23)24/h3-5,10-11,14,16H,6-9H2,1-2H3,(H,23,24)(H2,21,22,25). The monoisotopic (exact) mass is 356 g/mol. The van der Waals surface area contributed by atoms with Gasteiger partial charge >= 0.3 is 12.0 Å². The quantitative estimate of drug-likeness (QED) is 0.760. The summed E-state index contributed by atoms with van der Waals surface area (Å²) in [5.74, 6) is 0.572. The normalized spacial score (nSPS) is 19.8. The summed E-state index contributed by atoms with van der Waals surface area (Å²) in [5, 5.41) is 14.9. The van der Waals surface area contributed by atoms with E-state index in [9.17, 15) is 9.59 Å². The Morgan fingerprint density at radius 2 is 1.81 bits per heavy atom. The van der Waals surface area contributed by atoms with Gasteiger partial charge in [0.1, 0.15) is 11.5 Å². The first-order valence-electron chi connectivity index (χ1n) is 8.90. The van der Waals surface area contributed by atoms with E-state index in [1.54, 1.807) is 0 Å². The van der Waals surface area contributed by atoms with Crippen molar-refractivity contribution in [1.29, 1.82) is 0 Å². The predicted molar refractivity (Wildman–Crippen MR) is 99.2 cm³/mol. The highest BCUT2D eigenvalue weighted by Gasteiger charge is 2.26. The van der Waals surface area contributed by atoms with Gasteiger partial charge in [0.2, 0.25) is 0 Å². The summed E-state index contributed by atoms with van der Waals surface area (Å²) in [4.78, 5) is 23.3. The third-order valence-electron chi connectivity index (χ3n) is 4.92. The van der Waals surface area contributed by atoms with E-state index in [2.05, 4.69) is 10.6 Å². The zero-order valence-corrected chi connectivity index (χ0v) is 15.0. The van der Waals surface area contributed by atoms with Crippen LogP contribution in [0.1, 0.15) is 37.0 Å². The molecule has 26 heavy (non-hydrogen) atoms. The first-order valence-corrected chi connectivity index (χ1v) is 8.90. The average molecular weight is 356 g/mol. The van der Waals surface area contributed by atoms with Crippen LogP contribution < -0.4 is 10.6 Å². The van der Waals surface area contributed by atoms with Crippen LogP contribution in [0.25, 0.3) is 11.3 Å². The lowest BCUT2D eigenvalue weighted by Crippen LogP contribution is -2.41. The molecule has 0 atom stereocenters. The fourth-order valence-electron chi connectivity index (χ4n) is 3.33. The van der Waals surface area contributed by atoms with E-state index in [0.717, 1.165) is 28.3 Å². The largest absolute Gasteiger partial charge is 0.481 e. The molecule has 6 heteroatoms. The van der Waals surface area contributed by atoms with Crippen LogP contribution in [0.2, 0.25) is 0 Å². The number of furan rings is 1. The van der Waals surface area contributed by atoms with Gasteiger partial charge in [0.15, 0.2) is 0 Å². The number of carboxylic acid groups (broad SMARTS) is 1. The van der Waals surface area contributed by atoms with Crippen LogP contribution in [0.15, 0.2) is 34.7 Å². The number of carbonyl (C=O) groups is 2. The molecule has 6 nitrogen and oxygen atoms in total. The number of hydrogen-bond acceptors (Lipinski definition) is 3. The molecule has 1 saturated carbocycles. The highest BCUT2D eigenvalue weighted by Crippen LogP contribution is 2.27. The molecule has 3 N–H and O–H groups in total. The number of anilines is 1. The number of amides is 2. The summed E-state index contributed by atoms with van der Waals surface area (Å²) in [7, 11) is 0. The molecule has 0 spiro atoms. The van der Waals surface area contributed by atoms with E-state index in [1.165, 1.54) is 0 Å². The second-order valence-corrected chi connectivity index (χ2v) is 6.93. The van der Waals surface area contributed by atoms with Gasteiger partial charge in [-0.3, -0.25) is 4.79 Å². The van der Waals surface area contributed by atoms with Crippen LogP contribution in [0.5, 0.6) is 0 Å². The first-order chi connectivity index (χ1) is 12.4. The van der Waals surface area contributed by atoms with Crippen LogP contribution in [0.3, 0.4) is 0 Å². The highest BCUT2D eigenvalue weighted by molar-refractivity contribution is 5.91. The Bertz CT molecular complexity index is 804. The van der Waals surface area contributed by atoms with Crippen molar-refractivity contribution in [2.75, 3.05) is 5.32 Å². The van der Waals surface area contributed by atoms with Crippen LogP contribution in [0, 0.1) is 19.8 Å². The second kappa shape index (κ2) is 7.64. The smallest absolute Gasteiger partial charge is 0.319 e. The van der Waals surface area contributed by atoms with Crippen molar-refractivity contribution in [2.45, 2.75) is 45.6 Å². The van der Waals surface area contributed by atoms with Crippen molar-refractivity contribution < 1.29 is 19.1 Å². The zero-order valence-electron chi connectivity index (χ0n) is 15.0. The molecule has 0 radical (unpaired) electrons. The molecule has 1 fully saturated rings. The van der Waals surface area contributed by atoms with E-state index in [4.69, 9.17) is 9.52 Å². The molecule has 1 aromatic carbocycles. The number of aryl methyl sites for hydroxylation is 2. The summed E-state index contributed by atoms with van der Waals surface area (Å²) in [6, 6.07) is 9.37. The molecule has 1 heterocycles. The Kier molecular flexibility index (Phi) is 5.30. The molecule has 0 unspecified atom stereocenters. The Hall–Kier alpha value is -2.76. The Morgan fingerprint density at radius 1 is 1.08 bits per heavy atom. The summed E-state index contributed by atoms with van der Waals surface area (Å²) in [5.41, 5.74) is 2.59. The van der Waals surface area contributed by atoms with Gasteiger partial charge < -0.3 is 20.2 Å². The zero-order chi connectivity index (χ0) is 18.7. The Morgan fingerprint density at radius 3 is 2.42 bits per heavy atom. The van der Waals surface area contributed by atoms with Crippen molar-refractivity contribution in [3.8, 4) is 11.3 Å². The lowest BCUT2D eigenvalue weighted by molar-refractivity contribution is -0.142. The van der Waals surface area contributed by atoms with Crippen molar-refractivity contribution in [2.24, 2.45) is 5.92 Å². The van der Waals surface area contributed by atoms with Gasteiger partial charge in [-0.15, -0.1) is 0 Å². The van der Waals surface area contributed by atoms with Gasteiger partial charge in [-0.1, -0.05) is 12.1 Å². The highest BCUT2D eigenvalue weighted by atomic mass is 16.4. The Balaban J connectivity index is 1.61. The number of nitrogens with one attached hydrogen (secondary N) is 2. The molecule has 0 bridgehead atoms.